The van der Waals surface area contributed by atoms with E-state index in [0.717, 1.165) is 26.1 Å². The molecular weight excluding hydrogens is 168 g/mol. The zero-order chi connectivity index (χ0) is 9.68. The van der Waals surface area contributed by atoms with E-state index in [0.29, 0.717) is 13.0 Å². The van der Waals surface area contributed by atoms with Gasteiger partial charge in [0.2, 0.25) is 0 Å². The average Bonchev–Trinajstić information content (AvgIpc) is 2.16. The molecule has 0 bridgehead atoms. The number of rotatable bonds is 4. The van der Waals surface area contributed by atoms with Crippen molar-refractivity contribution < 1.29 is 9.90 Å². The second kappa shape index (κ2) is 5.07. The molecule has 0 aromatic carbocycles. The maximum Gasteiger partial charge on any atom is 0.319 e. The van der Waals surface area contributed by atoms with Crippen LogP contribution >= 0.6 is 0 Å². The Labute approximate surface area is 79.1 Å². The van der Waals surface area contributed by atoms with Gasteiger partial charge >= 0.3 is 6.03 Å². The van der Waals surface area contributed by atoms with Crippen molar-refractivity contribution in [2.45, 2.75) is 19.8 Å². The third-order valence-corrected chi connectivity index (χ3v) is 2.36. The zero-order valence-corrected chi connectivity index (χ0v) is 8.20. The molecule has 4 heteroatoms. The molecule has 0 radical (unpaired) electrons. The van der Waals surface area contributed by atoms with Crippen LogP contribution in [0.2, 0.25) is 0 Å². The van der Waals surface area contributed by atoms with Crippen LogP contribution in [0.1, 0.15) is 19.8 Å². The molecule has 1 N–H and O–H groups in total. The molecule has 1 fully saturated rings. The van der Waals surface area contributed by atoms with Crippen molar-refractivity contribution in [2.24, 2.45) is 0 Å². The smallest absolute Gasteiger partial charge is 0.319 e. The van der Waals surface area contributed by atoms with E-state index in [4.69, 9.17) is 5.11 Å². The van der Waals surface area contributed by atoms with Crippen LogP contribution in [0.4, 0.5) is 4.79 Å². The fourth-order valence-electron chi connectivity index (χ4n) is 1.61. The fraction of sp³-hybridized carbons (Fsp3) is 0.889. The second-order valence-electron chi connectivity index (χ2n) is 3.28. The summed E-state index contributed by atoms with van der Waals surface area (Å²) in [7, 11) is 0. The zero-order valence-electron chi connectivity index (χ0n) is 8.20. The van der Waals surface area contributed by atoms with Gasteiger partial charge in [-0.1, -0.05) is 0 Å². The first kappa shape index (κ1) is 10.3. The highest BCUT2D eigenvalue weighted by molar-refractivity contribution is 5.75. The molecule has 1 saturated heterocycles. The molecule has 76 valence electrons. The Morgan fingerprint density at radius 1 is 1.38 bits per heavy atom. The molecule has 13 heavy (non-hydrogen) atoms. The summed E-state index contributed by atoms with van der Waals surface area (Å²) in [5.74, 6) is 0. The highest BCUT2D eigenvalue weighted by Gasteiger charge is 2.23. The van der Waals surface area contributed by atoms with E-state index < -0.39 is 0 Å². The SMILES string of the molecule is CCN1CCCN(CCCO)C1=O. The number of hydrogen-bond acceptors (Lipinski definition) is 2. The van der Waals surface area contributed by atoms with Crippen LogP contribution in [0.3, 0.4) is 0 Å². The molecule has 1 aliphatic heterocycles. The quantitative estimate of drug-likeness (QED) is 0.695. The predicted octanol–water partition coefficient (Wildman–Crippen LogP) is 0.516. The third-order valence-electron chi connectivity index (χ3n) is 2.36. The van der Waals surface area contributed by atoms with Gasteiger partial charge in [0.05, 0.1) is 0 Å². The van der Waals surface area contributed by atoms with Crippen LogP contribution in [0.5, 0.6) is 0 Å². The van der Waals surface area contributed by atoms with Crippen molar-refractivity contribution in [2.75, 3.05) is 32.8 Å². The third kappa shape index (κ3) is 2.59. The van der Waals surface area contributed by atoms with Crippen LogP contribution in [0.15, 0.2) is 0 Å². The number of hydrogen-bond donors (Lipinski definition) is 1. The Kier molecular flexibility index (Phi) is 4.02. The lowest BCUT2D eigenvalue weighted by Gasteiger charge is -2.34. The lowest BCUT2D eigenvalue weighted by atomic mass is 10.2. The van der Waals surface area contributed by atoms with E-state index in [9.17, 15) is 4.79 Å². The molecule has 0 aromatic heterocycles. The number of nitrogens with zero attached hydrogens (tertiary/aromatic N) is 2. The first-order valence-corrected chi connectivity index (χ1v) is 4.94. The summed E-state index contributed by atoms with van der Waals surface area (Å²) >= 11 is 0. The Bertz CT molecular complexity index is 173. The summed E-state index contributed by atoms with van der Waals surface area (Å²) in [4.78, 5) is 15.3. The van der Waals surface area contributed by atoms with Gasteiger partial charge in [-0.15, -0.1) is 0 Å². The van der Waals surface area contributed by atoms with Crippen LogP contribution in [-0.4, -0.2) is 53.7 Å². The van der Waals surface area contributed by atoms with Crippen molar-refractivity contribution >= 4 is 6.03 Å². The van der Waals surface area contributed by atoms with Crippen LogP contribution < -0.4 is 0 Å². The average molecular weight is 186 g/mol. The van der Waals surface area contributed by atoms with Gasteiger partial charge in [0, 0.05) is 32.8 Å². The van der Waals surface area contributed by atoms with Crippen molar-refractivity contribution in [3.05, 3.63) is 0 Å². The van der Waals surface area contributed by atoms with Gasteiger partial charge in [0.25, 0.3) is 0 Å². The summed E-state index contributed by atoms with van der Waals surface area (Å²) in [6.45, 7) is 5.35. The molecule has 4 nitrogen and oxygen atoms in total. The van der Waals surface area contributed by atoms with Crippen LogP contribution in [-0.2, 0) is 0 Å². The summed E-state index contributed by atoms with van der Waals surface area (Å²) in [5, 5.41) is 8.65. The molecular formula is C9H18N2O2. The van der Waals surface area contributed by atoms with E-state index in [1.807, 2.05) is 16.7 Å². The fourth-order valence-corrected chi connectivity index (χ4v) is 1.61. The molecule has 0 spiro atoms. The summed E-state index contributed by atoms with van der Waals surface area (Å²) in [6.07, 6.45) is 1.73. The van der Waals surface area contributed by atoms with Crippen molar-refractivity contribution in [3.8, 4) is 0 Å². The maximum atomic E-state index is 11.6. The maximum absolute atomic E-state index is 11.6. The molecule has 0 aromatic rings. The van der Waals surface area contributed by atoms with Gasteiger partial charge in [-0.05, 0) is 19.8 Å². The van der Waals surface area contributed by atoms with Gasteiger partial charge in [0.15, 0.2) is 0 Å². The van der Waals surface area contributed by atoms with Crippen molar-refractivity contribution in [3.63, 3.8) is 0 Å². The molecule has 1 aliphatic rings. The Balaban J connectivity index is 2.40. The first-order chi connectivity index (χ1) is 6.29. The lowest BCUT2D eigenvalue weighted by Crippen LogP contribution is -2.49. The van der Waals surface area contributed by atoms with Crippen LogP contribution in [0.25, 0.3) is 0 Å². The molecule has 0 aliphatic carbocycles. The molecule has 0 atom stereocenters. The first-order valence-electron chi connectivity index (χ1n) is 4.94. The number of urea groups is 1. The topological polar surface area (TPSA) is 43.8 Å². The summed E-state index contributed by atoms with van der Waals surface area (Å²) in [6, 6.07) is 0.127. The largest absolute Gasteiger partial charge is 0.396 e. The summed E-state index contributed by atoms with van der Waals surface area (Å²) < 4.78 is 0. The van der Waals surface area contributed by atoms with E-state index in [1.165, 1.54) is 0 Å². The number of amides is 2. The second-order valence-corrected chi connectivity index (χ2v) is 3.28. The van der Waals surface area contributed by atoms with E-state index in [1.54, 1.807) is 0 Å². The Morgan fingerprint density at radius 2 is 2.08 bits per heavy atom. The predicted molar refractivity (Wildman–Crippen MR) is 50.5 cm³/mol. The molecule has 0 unspecified atom stereocenters. The monoisotopic (exact) mass is 186 g/mol. The van der Waals surface area contributed by atoms with E-state index >= 15 is 0 Å². The highest BCUT2D eigenvalue weighted by atomic mass is 16.3. The Hall–Kier alpha value is -0.770. The molecule has 1 heterocycles. The van der Waals surface area contributed by atoms with Gasteiger partial charge < -0.3 is 14.9 Å². The van der Waals surface area contributed by atoms with Crippen molar-refractivity contribution in [1.29, 1.82) is 0 Å². The summed E-state index contributed by atoms with van der Waals surface area (Å²) in [5.41, 5.74) is 0. The minimum Gasteiger partial charge on any atom is -0.396 e. The molecule has 1 rings (SSSR count). The molecule has 0 saturated carbocycles. The van der Waals surface area contributed by atoms with Gasteiger partial charge in [-0.25, -0.2) is 4.79 Å². The number of carbonyl (C=O) groups is 1. The highest BCUT2D eigenvalue weighted by Crippen LogP contribution is 2.08. The van der Waals surface area contributed by atoms with Crippen molar-refractivity contribution in [1.82, 2.24) is 9.80 Å². The number of aliphatic hydroxyl groups is 1. The van der Waals surface area contributed by atoms with Gasteiger partial charge in [-0.3, -0.25) is 0 Å². The lowest BCUT2D eigenvalue weighted by molar-refractivity contribution is 0.128. The van der Waals surface area contributed by atoms with Crippen LogP contribution in [0, 0.1) is 0 Å². The van der Waals surface area contributed by atoms with Gasteiger partial charge in [0.1, 0.15) is 0 Å². The Morgan fingerprint density at radius 3 is 2.69 bits per heavy atom. The minimum absolute atomic E-state index is 0.127. The number of carbonyl (C=O) groups excluding carboxylic acids is 1. The standard InChI is InChI=1S/C9H18N2O2/c1-2-10-5-3-6-11(9(10)13)7-4-8-12/h12H,2-8H2,1H3. The normalized spacial score (nSPS) is 18.2. The van der Waals surface area contributed by atoms with Gasteiger partial charge in [-0.2, -0.15) is 0 Å². The molecule has 2 amide bonds. The minimum atomic E-state index is 0.127. The van der Waals surface area contributed by atoms with E-state index in [2.05, 4.69) is 0 Å². The van der Waals surface area contributed by atoms with E-state index in [-0.39, 0.29) is 12.6 Å². The number of aliphatic hydroxyl groups excluding tert-OH is 1.